The largest absolute Gasteiger partial charge is 0.379 e. The van der Waals surface area contributed by atoms with Gasteiger partial charge in [-0.25, -0.2) is 0 Å². The molecule has 0 saturated heterocycles. The minimum Gasteiger partial charge on any atom is -0.379 e. The number of amides is 1. The molecule has 1 aliphatic carbocycles. The van der Waals surface area contributed by atoms with Gasteiger partial charge in [0.25, 0.3) is 5.91 Å². The highest BCUT2D eigenvalue weighted by Gasteiger charge is 2.39. The second-order valence-corrected chi connectivity index (χ2v) is 9.95. The van der Waals surface area contributed by atoms with Gasteiger partial charge in [-0.05, 0) is 66.7 Å². The van der Waals surface area contributed by atoms with Crippen molar-refractivity contribution in [2.45, 2.75) is 40.5 Å². The second kappa shape index (κ2) is 7.79. The molecular weight excluding hydrogens is 402 g/mol. The number of carbonyl (C=O) groups is 1. The van der Waals surface area contributed by atoms with Crippen LogP contribution >= 0.6 is 12.2 Å². The highest BCUT2D eigenvalue weighted by molar-refractivity contribution is 7.80. The van der Waals surface area contributed by atoms with Crippen molar-refractivity contribution in [1.29, 1.82) is 0 Å². The molecule has 0 saturated carbocycles. The van der Waals surface area contributed by atoms with Crippen molar-refractivity contribution >= 4 is 34.9 Å². The Bertz CT molecular complexity index is 1100. The van der Waals surface area contributed by atoms with Crippen LogP contribution in [-0.2, 0) is 6.42 Å². The molecule has 5 heteroatoms. The summed E-state index contributed by atoms with van der Waals surface area (Å²) < 4.78 is 1.97. The van der Waals surface area contributed by atoms with E-state index in [1.165, 1.54) is 22.3 Å². The average Bonchev–Trinajstić information content (AvgIpc) is 3.34. The summed E-state index contributed by atoms with van der Waals surface area (Å²) in [5, 5.41) is 0.588. The van der Waals surface area contributed by atoms with Crippen molar-refractivity contribution in [1.82, 2.24) is 14.4 Å². The molecular formula is C26H31N3OS. The maximum Gasteiger partial charge on any atom is 0.277 e. The third-order valence-electron chi connectivity index (χ3n) is 6.41. The highest BCUT2D eigenvalue weighted by Crippen LogP contribution is 2.38. The Morgan fingerprint density at radius 1 is 1.26 bits per heavy atom. The molecule has 0 radical (unpaired) electrons. The lowest BCUT2D eigenvalue weighted by Crippen LogP contribution is -2.40. The molecule has 1 aliphatic heterocycles. The van der Waals surface area contributed by atoms with Crippen LogP contribution in [0.25, 0.3) is 11.6 Å². The van der Waals surface area contributed by atoms with E-state index in [-0.39, 0.29) is 11.3 Å². The van der Waals surface area contributed by atoms with Gasteiger partial charge < -0.3 is 4.90 Å². The van der Waals surface area contributed by atoms with E-state index in [2.05, 4.69) is 76.6 Å². The van der Waals surface area contributed by atoms with Crippen molar-refractivity contribution < 1.29 is 4.79 Å². The number of carbonyl (C=O) groups excluding carboxylic acids is 1. The number of fused-ring (bicyclic) bond motifs is 3. The van der Waals surface area contributed by atoms with Gasteiger partial charge in [0, 0.05) is 32.3 Å². The zero-order valence-corrected chi connectivity index (χ0v) is 20.0. The van der Waals surface area contributed by atoms with Crippen LogP contribution in [0.3, 0.4) is 0 Å². The van der Waals surface area contributed by atoms with Gasteiger partial charge in [-0.1, -0.05) is 50.3 Å². The van der Waals surface area contributed by atoms with E-state index in [1.807, 2.05) is 10.6 Å². The van der Waals surface area contributed by atoms with Crippen LogP contribution in [0.2, 0.25) is 0 Å². The Balaban J connectivity index is 1.56. The fourth-order valence-electron chi connectivity index (χ4n) is 4.49. The van der Waals surface area contributed by atoms with Crippen LogP contribution in [0.4, 0.5) is 0 Å². The number of benzene rings is 1. The number of nitrogens with zero attached hydrogens (tertiary/aromatic N) is 3. The monoisotopic (exact) mass is 433 g/mol. The summed E-state index contributed by atoms with van der Waals surface area (Å²) in [6, 6.07) is 10.6. The van der Waals surface area contributed by atoms with Gasteiger partial charge in [0.05, 0.1) is 5.69 Å². The Hall–Kier alpha value is -2.66. The minimum absolute atomic E-state index is 0.00668. The van der Waals surface area contributed by atoms with E-state index in [4.69, 9.17) is 12.2 Å². The standard InChI is InChI=1S/C26H31N3OS/c1-7-27(6)18(3)15-26(4,5)16-28-24(30)23-14-21-12-20(13-22(21)29(23)25(28)31)19-10-8-17(2)9-11-19/h8-11,13-14H,3,7,12,15-16H2,1-2,4-6H3. The van der Waals surface area contributed by atoms with E-state index < -0.39 is 0 Å². The van der Waals surface area contributed by atoms with E-state index in [9.17, 15) is 4.79 Å². The number of hydrogen-bond acceptors (Lipinski definition) is 3. The lowest BCUT2D eigenvalue weighted by atomic mass is 9.87. The molecule has 4 nitrogen and oxygen atoms in total. The Kier molecular flexibility index (Phi) is 5.42. The minimum atomic E-state index is -0.129. The van der Waals surface area contributed by atoms with E-state index in [1.54, 1.807) is 4.90 Å². The molecule has 0 unspecified atom stereocenters. The van der Waals surface area contributed by atoms with E-state index in [0.717, 1.165) is 30.8 Å². The first-order valence-electron chi connectivity index (χ1n) is 10.9. The average molecular weight is 434 g/mol. The van der Waals surface area contributed by atoms with Crippen LogP contribution in [0.1, 0.15) is 60.1 Å². The summed E-state index contributed by atoms with van der Waals surface area (Å²) >= 11 is 5.80. The van der Waals surface area contributed by atoms with Crippen LogP contribution in [0.15, 0.2) is 42.6 Å². The first-order valence-corrected chi connectivity index (χ1v) is 11.3. The van der Waals surface area contributed by atoms with Gasteiger partial charge in [0.2, 0.25) is 0 Å². The molecule has 0 N–H and O–H groups in total. The van der Waals surface area contributed by atoms with E-state index in [0.29, 0.717) is 17.4 Å². The number of aryl methyl sites for hydroxylation is 1. The van der Waals surface area contributed by atoms with E-state index >= 15 is 0 Å². The maximum atomic E-state index is 13.2. The summed E-state index contributed by atoms with van der Waals surface area (Å²) in [7, 11) is 2.05. The molecule has 2 aliphatic rings. The second-order valence-electron chi connectivity index (χ2n) is 9.58. The highest BCUT2D eigenvalue weighted by atomic mass is 32.1. The zero-order valence-electron chi connectivity index (χ0n) is 19.2. The molecule has 162 valence electrons. The van der Waals surface area contributed by atoms with Crippen molar-refractivity contribution in [2.24, 2.45) is 5.41 Å². The van der Waals surface area contributed by atoms with Crippen LogP contribution in [0.5, 0.6) is 0 Å². The van der Waals surface area contributed by atoms with Crippen molar-refractivity contribution in [3.8, 4) is 0 Å². The lowest BCUT2D eigenvalue weighted by Gasteiger charge is -2.33. The maximum absolute atomic E-state index is 13.2. The fraction of sp³-hybridized carbons (Fsp3) is 0.385. The van der Waals surface area contributed by atoms with Crippen molar-refractivity contribution in [2.75, 3.05) is 20.1 Å². The molecule has 0 atom stereocenters. The van der Waals surface area contributed by atoms with Crippen molar-refractivity contribution in [3.05, 3.63) is 70.7 Å². The van der Waals surface area contributed by atoms with Gasteiger partial charge in [0.1, 0.15) is 5.69 Å². The van der Waals surface area contributed by atoms with Gasteiger partial charge in [0.15, 0.2) is 5.11 Å². The Labute approximate surface area is 190 Å². The Morgan fingerprint density at radius 3 is 2.58 bits per heavy atom. The number of hydrogen-bond donors (Lipinski definition) is 0. The number of allylic oxidation sites excluding steroid dienone is 2. The first-order chi connectivity index (χ1) is 14.6. The third kappa shape index (κ3) is 3.87. The molecule has 1 amide bonds. The number of aromatic nitrogens is 1. The summed E-state index contributed by atoms with van der Waals surface area (Å²) in [4.78, 5) is 17.1. The SMILES string of the molecule is C=C(CC(C)(C)CN1C(=O)c2cc3c(n2C1=S)C=C(c1ccc(C)cc1)C3)N(C)CC. The van der Waals surface area contributed by atoms with Crippen LogP contribution in [-0.4, -0.2) is 45.5 Å². The van der Waals surface area contributed by atoms with Gasteiger partial charge in [-0.15, -0.1) is 0 Å². The quantitative estimate of drug-likeness (QED) is 0.550. The predicted octanol–water partition coefficient (Wildman–Crippen LogP) is 5.36. The lowest BCUT2D eigenvalue weighted by molar-refractivity contribution is 0.0817. The summed E-state index contributed by atoms with van der Waals surface area (Å²) in [6.07, 6.45) is 3.84. The topological polar surface area (TPSA) is 28.5 Å². The summed E-state index contributed by atoms with van der Waals surface area (Å²) in [5.41, 5.74) is 7.62. The molecule has 4 rings (SSSR count). The van der Waals surface area contributed by atoms with Gasteiger partial charge in [-0.3, -0.25) is 14.3 Å². The normalized spacial score (nSPS) is 15.3. The molecule has 2 aromatic rings. The Morgan fingerprint density at radius 2 is 1.94 bits per heavy atom. The fourth-order valence-corrected chi connectivity index (χ4v) is 4.84. The number of thiocarbonyl (C=S) groups is 1. The molecule has 31 heavy (non-hydrogen) atoms. The molecule has 0 fully saturated rings. The summed E-state index contributed by atoms with van der Waals surface area (Å²) in [6.45, 7) is 14.3. The first kappa shape index (κ1) is 21.6. The molecule has 1 aromatic heterocycles. The number of rotatable bonds is 7. The smallest absolute Gasteiger partial charge is 0.277 e. The van der Waals surface area contributed by atoms with Crippen LogP contribution in [0, 0.1) is 12.3 Å². The zero-order chi connectivity index (χ0) is 22.5. The van der Waals surface area contributed by atoms with Gasteiger partial charge >= 0.3 is 0 Å². The summed E-state index contributed by atoms with van der Waals surface area (Å²) in [5.74, 6) is 0.00668. The van der Waals surface area contributed by atoms with Crippen LogP contribution < -0.4 is 0 Å². The predicted molar refractivity (Wildman–Crippen MR) is 132 cm³/mol. The molecule has 1 aromatic carbocycles. The molecule has 2 heterocycles. The molecule has 0 spiro atoms. The van der Waals surface area contributed by atoms with Gasteiger partial charge in [-0.2, -0.15) is 0 Å². The third-order valence-corrected chi connectivity index (χ3v) is 6.81. The molecule has 0 bridgehead atoms. The van der Waals surface area contributed by atoms with Crippen molar-refractivity contribution in [3.63, 3.8) is 0 Å².